The molecule has 2 aromatic rings. The van der Waals surface area contributed by atoms with Gasteiger partial charge in [0.05, 0.1) is 0 Å². The largest absolute Gasteiger partial charge is 0.456 e. The van der Waals surface area contributed by atoms with Crippen molar-refractivity contribution < 1.29 is 78.2 Å². The maximum atomic E-state index is 6.91. The molecular weight excluding hydrogens is 1730 g/mol. The van der Waals surface area contributed by atoms with Gasteiger partial charge >= 0.3 is 43.8 Å². The van der Waals surface area contributed by atoms with Crippen molar-refractivity contribution in [2.45, 2.75) is 314 Å². The minimum absolute atomic E-state index is 0.895. The maximum absolute atomic E-state index is 6.91. The second-order valence-electron chi connectivity index (χ2n) is 37.3. The van der Waals surface area contributed by atoms with Gasteiger partial charge in [-0.2, -0.15) is 0 Å². The normalized spacial score (nSPS) is 15.6. The van der Waals surface area contributed by atoms with Crippen LogP contribution in [0.5, 0.6) is 0 Å². The fourth-order valence-electron chi connectivity index (χ4n) is 10.4. The monoisotopic (exact) mass is 1890 g/mol. The summed E-state index contributed by atoms with van der Waals surface area (Å²) in [7, 11) is -40.0. The summed E-state index contributed by atoms with van der Waals surface area (Å²) in [6.45, 7) is 104. The molecule has 0 N–H and O–H groups in total. The molecule has 0 saturated carbocycles. The first-order valence-electron chi connectivity index (χ1n) is 37.9. The summed E-state index contributed by atoms with van der Waals surface area (Å²) in [4.78, 5) is 0. The van der Waals surface area contributed by atoms with Crippen LogP contribution in [-0.2, 0) is 78.2 Å². The lowest BCUT2D eigenvalue weighted by atomic mass is 10.4. The Labute approximate surface area is 677 Å². The van der Waals surface area contributed by atoms with E-state index >= 15 is 0 Å². The molecule has 0 aliphatic heterocycles. The Bertz CT molecular complexity index is 2380. The summed E-state index contributed by atoms with van der Waals surface area (Å²) in [5, 5.41) is 2.32. The van der Waals surface area contributed by atoms with Gasteiger partial charge in [0, 0.05) is 0 Å². The fraction of sp³-hybridized carbons (Fsp3) is 0.800. The Kier molecular flexibility index (Phi) is 55.3. The first kappa shape index (κ1) is 113. The molecular formula is C60H166O19Si25. The van der Waals surface area contributed by atoms with E-state index in [0.29, 0.717) is 0 Å². The van der Waals surface area contributed by atoms with Gasteiger partial charge in [-0.15, -0.1) is 0 Å². The lowest BCUT2D eigenvalue weighted by molar-refractivity contribution is 0.252. The molecule has 0 heterocycles. The van der Waals surface area contributed by atoms with Crippen molar-refractivity contribution in [1.82, 2.24) is 0 Å². The molecule has 0 radical (unpaired) electrons. The molecule has 2 rings (SSSR count). The molecule has 0 saturated heterocycles. The average Bonchev–Trinajstić information content (AvgIpc) is 0.768. The van der Waals surface area contributed by atoms with E-state index in [4.69, 9.17) is 78.2 Å². The van der Waals surface area contributed by atoms with Crippen LogP contribution in [0.3, 0.4) is 0 Å². The minimum Gasteiger partial charge on any atom is -0.442 e. The van der Waals surface area contributed by atoms with Crippen molar-refractivity contribution >= 4 is 230 Å². The summed E-state index contributed by atoms with van der Waals surface area (Å²) < 4.78 is 116. The third-order valence-electron chi connectivity index (χ3n) is 11.1. The molecule has 0 amide bonds. The van der Waals surface area contributed by atoms with Crippen LogP contribution in [0.15, 0.2) is 60.7 Å². The van der Waals surface area contributed by atoms with E-state index in [1.54, 1.807) is 0 Å². The highest BCUT2D eigenvalue weighted by Crippen LogP contribution is 2.23. The van der Waals surface area contributed by atoms with Crippen LogP contribution < -0.4 is 10.4 Å². The van der Waals surface area contributed by atoms with E-state index in [1.165, 1.54) is 0 Å². The molecule has 0 aromatic heterocycles. The van der Waals surface area contributed by atoms with Crippen LogP contribution in [0.4, 0.5) is 0 Å². The summed E-state index contributed by atoms with van der Waals surface area (Å²) in [6.07, 6.45) is 0. The Balaban J connectivity index is -0.000000596. The molecule has 0 aliphatic carbocycles. The van der Waals surface area contributed by atoms with Gasteiger partial charge in [-0.25, -0.2) is 0 Å². The van der Waals surface area contributed by atoms with Crippen molar-refractivity contribution in [3.63, 3.8) is 0 Å². The first-order valence-corrected chi connectivity index (χ1v) is 106. The highest BCUT2D eigenvalue weighted by Gasteiger charge is 2.48. The van der Waals surface area contributed by atoms with Gasteiger partial charge in [0.1, 0.15) is 0 Å². The summed E-state index contributed by atoms with van der Waals surface area (Å²) in [6, 6.07) is 21.0. The first-order chi connectivity index (χ1) is 46.0. The third-order valence-corrected chi connectivity index (χ3v) is 83.7. The molecule has 0 fully saturated rings. The van der Waals surface area contributed by atoms with E-state index < -0.39 is 220 Å². The van der Waals surface area contributed by atoms with E-state index in [-0.39, 0.29) is 0 Å². The van der Waals surface area contributed by atoms with Crippen molar-refractivity contribution in [2.24, 2.45) is 0 Å². The summed E-state index contributed by atoms with van der Waals surface area (Å²) >= 11 is 0. The highest BCUT2D eigenvalue weighted by molar-refractivity contribution is 7.01. The van der Waals surface area contributed by atoms with Crippen molar-refractivity contribution in [2.75, 3.05) is 0 Å². The van der Waals surface area contributed by atoms with E-state index in [9.17, 15) is 0 Å². The lowest BCUT2D eigenvalue weighted by Gasteiger charge is -2.39. The number of hydrogen-bond donors (Lipinski definition) is 0. The Hall–Kier alpha value is 3.10. The van der Waals surface area contributed by atoms with Crippen LogP contribution >= 0.6 is 0 Å². The molecule has 104 heavy (non-hydrogen) atoms. The van der Waals surface area contributed by atoms with Gasteiger partial charge in [-0.1, -0.05) is 60.7 Å². The van der Waals surface area contributed by atoms with Gasteiger partial charge in [-0.05, 0) is 325 Å². The van der Waals surface area contributed by atoms with Crippen LogP contribution in [-0.4, -0.2) is 220 Å². The molecule has 19 nitrogen and oxygen atoms in total. The number of hydrogen-bond acceptors (Lipinski definition) is 19. The van der Waals surface area contributed by atoms with Crippen LogP contribution in [0, 0.1) is 0 Å². The molecule has 0 aliphatic rings. The summed E-state index contributed by atoms with van der Waals surface area (Å²) in [5.41, 5.74) is 0. The van der Waals surface area contributed by atoms with Gasteiger partial charge in [0.25, 0.3) is 65.0 Å². The summed E-state index contributed by atoms with van der Waals surface area (Å²) in [5.74, 6) is 0. The van der Waals surface area contributed by atoms with Crippen molar-refractivity contribution in [3.05, 3.63) is 60.7 Å². The predicted molar refractivity (Wildman–Crippen MR) is 515 cm³/mol. The zero-order valence-corrected chi connectivity index (χ0v) is 103. The van der Waals surface area contributed by atoms with Crippen LogP contribution in [0.2, 0.25) is 314 Å². The molecule has 44 heteroatoms. The molecule has 620 valence electrons. The van der Waals surface area contributed by atoms with Gasteiger partial charge in [0.15, 0.2) is 111 Å². The Morgan fingerprint density at radius 3 is 0.635 bits per heavy atom. The smallest absolute Gasteiger partial charge is 0.442 e. The van der Waals surface area contributed by atoms with Crippen molar-refractivity contribution in [1.29, 1.82) is 0 Å². The zero-order chi connectivity index (χ0) is 83.1. The zero-order valence-electron chi connectivity index (χ0n) is 76.0. The second-order valence-corrected chi connectivity index (χ2v) is 121. The lowest BCUT2D eigenvalue weighted by Crippen LogP contribution is -2.68. The quantitative estimate of drug-likeness (QED) is 0.0575. The molecule has 2 aromatic carbocycles. The topological polar surface area (TPSA) is 175 Å². The van der Waals surface area contributed by atoms with Crippen LogP contribution in [0.25, 0.3) is 0 Å². The standard InChI is InChI=1S/C19H32O3Si4.C12H40O6Si7.C9H28O3Si4.C7H24O3Si4.C7H22O2Si3.C6H20O2Si3/c1-23(20-24(2,3)4)21-26(22-25(5,6)7,18-14-10-8-11-15-18)19-16-12-9-13-17-19;1-19(16-23(4,5)6)13-22(14-20(2)17-24(7,8)9)15-21(3)18-25(10,11)12;1-13(10-14(2,3)4)11-16(8,9)12-15(5,6)7;1-11(2)8-13(5)10-14(6,7)9-12(3)4;1-10(8-11(2,3)4)9-12(5,6)7;1-9(2)7-11(5,6)8-10(3)4/h8-17,23H,1-7H3;19-22H,1-12H3;13H,1-9H3;11-13H,1-7H3;10H,1-7H3;9-10H,1-6H3. The fourth-order valence-corrected chi connectivity index (χ4v) is 89.9. The molecule has 0 bridgehead atoms. The van der Waals surface area contributed by atoms with Crippen LogP contribution in [0.1, 0.15) is 0 Å². The maximum Gasteiger partial charge on any atom is 0.456 e. The average molecular weight is 1890 g/mol. The second kappa shape index (κ2) is 50.7. The molecule has 0 spiro atoms. The number of benzene rings is 2. The van der Waals surface area contributed by atoms with Gasteiger partial charge in [0.2, 0.25) is 0 Å². The minimum atomic E-state index is -2.83. The highest BCUT2D eigenvalue weighted by atomic mass is 28.5. The molecule has 6 unspecified atom stereocenters. The van der Waals surface area contributed by atoms with E-state index in [1.807, 2.05) is 12.1 Å². The number of rotatable bonds is 40. The van der Waals surface area contributed by atoms with Gasteiger partial charge in [-0.3, -0.25) is 0 Å². The SMILES string of the molecule is C[SiH](C)O[SiH](C)O[Si](C)(C)O[SiH](C)C.C[SiH](C)O[Si](C)(C)O[SiH](C)C.C[SiH](O[SiH](O[SiH](C)O[Si](C)(C)C)O[SiH](C)O[Si](C)(C)C)O[Si](C)(C)C.C[SiH](O[Si](C)(C)C)O[Si](C)(C)C.C[SiH](O[Si](C)(C)C)O[Si](C)(C)O[Si](C)(C)C.C[SiH](O[Si](C)(C)C)O[Si](O[Si](C)(C)C)(c1ccccc1)c1ccccc1. The van der Waals surface area contributed by atoms with E-state index in [2.05, 4.69) is 363 Å². The third kappa shape index (κ3) is 74.0. The molecule has 6 atom stereocenters. The predicted octanol–water partition coefficient (Wildman–Crippen LogP) is 15.7. The Morgan fingerprint density at radius 1 is 0.192 bits per heavy atom. The van der Waals surface area contributed by atoms with E-state index in [0.717, 1.165) is 10.4 Å². The Morgan fingerprint density at radius 2 is 0.404 bits per heavy atom. The van der Waals surface area contributed by atoms with Crippen molar-refractivity contribution in [3.8, 4) is 0 Å². The van der Waals surface area contributed by atoms with Gasteiger partial charge < -0.3 is 78.2 Å².